The first kappa shape index (κ1) is 18.5. The number of amides is 2. The summed E-state index contributed by atoms with van der Waals surface area (Å²) in [6, 6.07) is 11.2. The first-order chi connectivity index (χ1) is 13.0. The molecule has 140 valence electrons. The molecule has 0 aliphatic rings. The van der Waals surface area contributed by atoms with Gasteiger partial charge in [-0.2, -0.15) is 0 Å². The Hall–Kier alpha value is -3.26. The molecule has 0 saturated heterocycles. The van der Waals surface area contributed by atoms with Crippen LogP contribution in [-0.2, 0) is 22.7 Å². The molecule has 1 aromatic heterocycles. The molecule has 3 aromatic rings. The van der Waals surface area contributed by atoms with Crippen LogP contribution in [-0.4, -0.2) is 35.4 Å². The molecule has 3 N–H and O–H groups in total. The fourth-order valence-corrected chi connectivity index (χ4v) is 2.51. The maximum atomic E-state index is 13.2. The first-order valence-electron chi connectivity index (χ1n) is 8.35. The maximum Gasteiger partial charge on any atom is 0.251 e. The first-order valence-corrected chi connectivity index (χ1v) is 8.35. The van der Waals surface area contributed by atoms with Crippen molar-refractivity contribution in [2.45, 2.75) is 13.2 Å². The third-order valence-electron chi connectivity index (χ3n) is 3.90. The van der Waals surface area contributed by atoms with Gasteiger partial charge in [0.2, 0.25) is 5.91 Å². The second-order valence-corrected chi connectivity index (χ2v) is 5.89. The minimum atomic E-state index is -0.346. The maximum absolute atomic E-state index is 13.2. The number of benzene rings is 2. The van der Waals surface area contributed by atoms with Crippen LogP contribution in [0.15, 0.2) is 42.5 Å². The lowest BCUT2D eigenvalue weighted by molar-refractivity contribution is -0.126. The van der Waals surface area contributed by atoms with E-state index in [1.165, 1.54) is 12.1 Å². The SMILES string of the molecule is CNC(=O)c1ccc(CNC(=O)COCc2nc3ccc(F)cc3[nH]2)cc1. The van der Waals surface area contributed by atoms with E-state index in [1.54, 1.807) is 37.4 Å². The van der Waals surface area contributed by atoms with Crippen LogP contribution in [0.5, 0.6) is 0 Å². The average Bonchev–Trinajstić information content (AvgIpc) is 3.08. The summed E-state index contributed by atoms with van der Waals surface area (Å²) in [6.45, 7) is 0.326. The standard InChI is InChI=1S/C19H19FN4O3/c1-21-19(26)13-4-2-12(3-5-13)9-22-18(25)11-27-10-17-23-15-7-6-14(20)8-16(15)24-17/h2-8H,9-11H2,1H3,(H,21,26)(H,22,25)(H,23,24). The number of hydrogen-bond donors (Lipinski definition) is 3. The molecule has 0 spiro atoms. The Balaban J connectivity index is 1.43. The predicted octanol–water partition coefficient (Wildman–Crippen LogP) is 1.89. The molecule has 0 fully saturated rings. The number of H-pyrrole nitrogens is 1. The quantitative estimate of drug-likeness (QED) is 0.592. The molecule has 0 unspecified atom stereocenters. The van der Waals surface area contributed by atoms with E-state index >= 15 is 0 Å². The van der Waals surface area contributed by atoms with Gasteiger partial charge in [0.15, 0.2) is 0 Å². The van der Waals surface area contributed by atoms with Gasteiger partial charge in [-0.25, -0.2) is 9.37 Å². The highest BCUT2D eigenvalue weighted by Gasteiger charge is 2.07. The zero-order valence-electron chi connectivity index (χ0n) is 14.7. The third kappa shape index (κ3) is 4.89. The second kappa shape index (κ2) is 8.41. The van der Waals surface area contributed by atoms with E-state index in [0.29, 0.717) is 29.0 Å². The Morgan fingerprint density at radius 3 is 2.70 bits per heavy atom. The van der Waals surface area contributed by atoms with Crippen molar-refractivity contribution in [3.63, 3.8) is 0 Å². The number of aromatic nitrogens is 2. The monoisotopic (exact) mass is 370 g/mol. The number of imidazole rings is 1. The van der Waals surface area contributed by atoms with E-state index in [4.69, 9.17) is 4.74 Å². The number of carbonyl (C=O) groups is 2. The fourth-order valence-electron chi connectivity index (χ4n) is 2.51. The zero-order valence-corrected chi connectivity index (χ0v) is 14.7. The van der Waals surface area contributed by atoms with Crippen molar-refractivity contribution in [3.8, 4) is 0 Å². The lowest BCUT2D eigenvalue weighted by atomic mass is 10.1. The lowest BCUT2D eigenvalue weighted by Gasteiger charge is -2.06. The van der Waals surface area contributed by atoms with E-state index in [0.717, 1.165) is 5.56 Å². The largest absolute Gasteiger partial charge is 0.364 e. The van der Waals surface area contributed by atoms with Gasteiger partial charge in [0.05, 0.1) is 11.0 Å². The van der Waals surface area contributed by atoms with Crippen molar-refractivity contribution >= 4 is 22.8 Å². The van der Waals surface area contributed by atoms with Crippen LogP contribution in [0.3, 0.4) is 0 Å². The normalized spacial score (nSPS) is 10.7. The van der Waals surface area contributed by atoms with E-state index in [1.807, 2.05) is 0 Å². The lowest BCUT2D eigenvalue weighted by Crippen LogP contribution is -2.27. The summed E-state index contributed by atoms with van der Waals surface area (Å²) < 4.78 is 18.5. The molecule has 0 saturated carbocycles. The highest BCUT2D eigenvalue weighted by atomic mass is 19.1. The fraction of sp³-hybridized carbons (Fsp3) is 0.211. The smallest absolute Gasteiger partial charge is 0.251 e. The highest BCUT2D eigenvalue weighted by Crippen LogP contribution is 2.13. The van der Waals surface area contributed by atoms with Gasteiger partial charge >= 0.3 is 0 Å². The zero-order chi connectivity index (χ0) is 19.2. The number of ether oxygens (including phenoxy) is 1. The van der Waals surface area contributed by atoms with Gasteiger partial charge in [0.1, 0.15) is 24.9 Å². The summed E-state index contributed by atoms with van der Waals surface area (Å²) in [5.41, 5.74) is 2.65. The van der Waals surface area contributed by atoms with Crippen molar-refractivity contribution < 1.29 is 18.7 Å². The van der Waals surface area contributed by atoms with Crippen molar-refractivity contribution in [2.75, 3.05) is 13.7 Å². The van der Waals surface area contributed by atoms with Gasteiger partial charge in [0.25, 0.3) is 5.91 Å². The van der Waals surface area contributed by atoms with Gasteiger partial charge in [-0.05, 0) is 35.9 Å². The number of halogens is 1. The van der Waals surface area contributed by atoms with Crippen LogP contribution in [0.1, 0.15) is 21.7 Å². The number of nitrogens with zero attached hydrogens (tertiary/aromatic N) is 1. The molecule has 3 rings (SSSR count). The Morgan fingerprint density at radius 1 is 1.19 bits per heavy atom. The van der Waals surface area contributed by atoms with Crippen LogP contribution in [0.25, 0.3) is 11.0 Å². The molecular weight excluding hydrogens is 351 g/mol. The third-order valence-corrected chi connectivity index (χ3v) is 3.90. The number of nitrogens with one attached hydrogen (secondary N) is 3. The molecule has 2 amide bonds. The Kier molecular flexibility index (Phi) is 5.77. The van der Waals surface area contributed by atoms with E-state index in [9.17, 15) is 14.0 Å². The predicted molar refractivity (Wildman–Crippen MR) is 97.4 cm³/mol. The molecule has 2 aromatic carbocycles. The second-order valence-electron chi connectivity index (χ2n) is 5.89. The topological polar surface area (TPSA) is 96.1 Å². The minimum Gasteiger partial charge on any atom is -0.364 e. The van der Waals surface area contributed by atoms with Crippen molar-refractivity contribution in [3.05, 3.63) is 65.2 Å². The summed E-state index contributed by atoms with van der Waals surface area (Å²) in [5, 5.41) is 5.28. The van der Waals surface area contributed by atoms with Gasteiger partial charge < -0.3 is 20.4 Å². The van der Waals surface area contributed by atoms with Gasteiger partial charge in [0, 0.05) is 19.2 Å². The Bertz CT molecular complexity index is 953. The van der Waals surface area contributed by atoms with Gasteiger partial charge in [-0.3, -0.25) is 9.59 Å². The van der Waals surface area contributed by atoms with Crippen molar-refractivity contribution in [2.24, 2.45) is 0 Å². The van der Waals surface area contributed by atoms with Gasteiger partial charge in [-0.15, -0.1) is 0 Å². The summed E-state index contributed by atoms with van der Waals surface area (Å²) >= 11 is 0. The van der Waals surface area contributed by atoms with Crippen molar-refractivity contribution in [1.29, 1.82) is 0 Å². The Morgan fingerprint density at radius 2 is 1.96 bits per heavy atom. The molecule has 27 heavy (non-hydrogen) atoms. The summed E-state index contributed by atoms with van der Waals surface area (Å²) in [7, 11) is 1.57. The van der Waals surface area contributed by atoms with E-state index in [2.05, 4.69) is 20.6 Å². The molecule has 7 nitrogen and oxygen atoms in total. The number of fused-ring (bicyclic) bond motifs is 1. The van der Waals surface area contributed by atoms with E-state index in [-0.39, 0.29) is 30.8 Å². The molecule has 0 radical (unpaired) electrons. The van der Waals surface area contributed by atoms with Gasteiger partial charge in [-0.1, -0.05) is 12.1 Å². The molecule has 0 bridgehead atoms. The number of hydrogen-bond acceptors (Lipinski definition) is 4. The summed E-state index contributed by atoms with van der Waals surface area (Å²) in [5.74, 6) is -0.255. The van der Waals surface area contributed by atoms with Crippen LogP contribution >= 0.6 is 0 Å². The van der Waals surface area contributed by atoms with Crippen LogP contribution in [0, 0.1) is 5.82 Å². The van der Waals surface area contributed by atoms with Crippen LogP contribution in [0.4, 0.5) is 4.39 Å². The number of carbonyl (C=O) groups excluding carboxylic acids is 2. The van der Waals surface area contributed by atoms with E-state index < -0.39 is 0 Å². The van der Waals surface area contributed by atoms with Crippen LogP contribution in [0.2, 0.25) is 0 Å². The number of rotatable bonds is 7. The molecule has 8 heteroatoms. The molecule has 1 heterocycles. The minimum absolute atomic E-state index is 0.116. The summed E-state index contributed by atoms with van der Waals surface area (Å²) in [6.07, 6.45) is 0. The van der Waals surface area contributed by atoms with Crippen molar-refractivity contribution in [1.82, 2.24) is 20.6 Å². The molecular formula is C19H19FN4O3. The molecule has 0 aliphatic heterocycles. The average molecular weight is 370 g/mol. The summed E-state index contributed by atoms with van der Waals surface area (Å²) in [4.78, 5) is 30.5. The molecule has 0 aliphatic carbocycles. The Labute approximate surface area is 154 Å². The highest BCUT2D eigenvalue weighted by molar-refractivity contribution is 5.93. The number of aromatic amines is 1. The molecule has 0 atom stereocenters. The van der Waals surface area contributed by atoms with Crippen LogP contribution < -0.4 is 10.6 Å².